The van der Waals surface area contributed by atoms with Crippen LogP contribution in [0.15, 0.2) is 12.3 Å². The summed E-state index contributed by atoms with van der Waals surface area (Å²) in [6, 6.07) is 1.28. The number of hydrogen-bond donors (Lipinski definition) is 4. The Morgan fingerprint density at radius 1 is 1.50 bits per heavy atom. The van der Waals surface area contributed by atoms with Gasteiger partial charge in [-0.2, -0.15) is 0 Å². The van der Waals surface area contributed by atoms with Gasteiger partial charge in [0.25, 0.3) is 0 Å². The van der Waals surface area contributed by atoms with E-state index >= 15 is 0 Å². The Hall–Kier alpha value is -1.87. The number of nitrogens with two attached hydrogens (primary N) is 2. The van der Waals surface area contributed by atoms with E-state index in [9.17, 15) is 13.2 Å². The fraction of sp³-hybridized carbons (Fsp3) is 0.333. The first kappa shape index (κ1) is 14.2. The van der Waals surface area contributed by atoms with E-state index < -0.39 is 16.0 Å². The van der Waals surface area contributed by atoms with Gasteiger partial charge >= 0.3 is 5.97 Å². The van der Waals surface area contributed by atoms with Gasteiger partial charge in [0.05, 0.1) is 17.0 Å². The number of primary sulfonamides is 1. The van der Waals surface area contributed by atoms with E-state index in [4.69, 9.17) is 16.0 Å². The zero-order chi connectivity index (χ0) is 13.8. The normalized spacial score (nSPS) is 11.2. The molecule has 0 saturated carbocycles. The van der Waals surface area contributed by atoms with Gasteiger partial charge in [0, 0.05) is 12.7 Å². The molecule has 0 aliphatic carbocycles. The summed E-state index contributed by atoms with van der Waals surface area (Å²) in [7, 11) is -3.50. The van der Waals surface area contributed by atoms with E-state index in [0.29, 0.717) is 0 Å². The maximum absolute atomic E-state index is 10.8. The molecular weight excluding hydrogens is 260 g/mol. The van der Waals surface area contributed by atoms with Crippen molar-refractivity contribution in [1.29, 1.82) is 0 Å². The minimum atomic E-state index is -3.50. The minimum absolute atomic E-state index is 0.0144. The van der Waals surface area contributed by atoms with Crippen molar-refractivity contribution in [2.75, 3.05) is 23.3 Å². The summed E-state index contributed by atoms with van der Waals surface area (Å²) in [4.78, 5) is 14.7. The third kappa shape index (κ3) is 4.18. The molecule has 1 aromatic rings. The Morgan fingerprint density at radius 3 is 2.72 bits per heavy atom. The van der Waals surface area contributed by atoms with Gasteiger partial charge in [-0.25, -0.2) is 23.3 Å². The maximum Gasteiger partial charge on any atom is 0.337 e. The van der Waals surface area contributed by atoms with E-state index in [2.05, 4.69) is 10.3 Å². The Labute approximate surface area is 104 Å². The Kier molecular flexibility index (Phi) is 4.45. The van der Waals surface area contributed by atoms with Gasteiger partial charge in [-0.1, -0.05) is 0 Å². The topological polar surface area (TPSA) is 148 Å². The summed E-state index contributed by atoms with van der Waals surface area (Å²) < 4.78 is 21.4. The Balaban J connectivity index is 2.63. The van der Waals surface area contributed by atoms with E-state index in [-0.39, 0.29) is 35.8 Å². The molecule has 9 heteroatoms. The van der Waals surface area contributed by atoms with Crippen LogP contribution >= 0.6 is 0 Å². The number of nitrogen functional groups attached to an aromatic ring is 1. The van der Waals surface area contributed by atoms with Gasteiger partial charge in [-0.15, -0.1) is 0 Å². The molecule has 0 spiro atoms. The number of anilines is 2. The molecule has 0 aliphatic rings. The lowest BCUT2D eigenvalue weighted by molar-refractivity contribution is 0.0698. The molecule has 18 heavy (non-hydrogen) atoms. The molecule has 8 nitrogen and oxygen atoms in total. The molecule has 0 fully saturated rings. The number of nitrogens with one attached hydrogen (secondary N) is 1. The highest BCUT2D eigenvalue weighted by molar-refractivity contribution is 7.89. The maximum atomic E-state index is 10.8. The van der Waals surface area contributed by atoms with Crippen LogP contribution < -0.4 is 16.2 Å². The molecule has 0 aliphatic heterocycles. The molecule has 0 aromatic carbocycles. The Morgan fingerprint density at radius 2 is 2.17 bits per heavy atom. The van der Waals surface area contributed by atoms with Crippen molar-refractivity contribution >= 4 is 27.5 Å². The molecule has 0 atom stereocenters. The molecule has 0 amide bonds. The second-order valence-corrected chi connectivity index (χ2v) is 5.31. The first-order valence-electron chi connectivity index (χ1n) is 5.03. The lowest BCUT2D eigenvalue weighted by Crippen LogP contribution is -2.19. The number of rotatable bonds is 6. The molecule has 0 bridgehead atoms. The quantitative estimate of drug-likeness (QED) is 0.508. The lowest BCUT2D eigenvalue weighted by Gasteiger charge is -2.09. The summed E-state index contributed by atoms with van der Waals surface area (Å²) in [6.07, 6.45) is 1.58. The van der Waals surface area contributed by atoms with Gasteiger partial charge in [-0.05, 0) is 12.5 Å². The van der Waals surface area contributed by atoms with Crippen molar-refractivity contribution in [1.82, 2.24) is 4.98 Å². The van der Waals surface area contributed by atoms with Crippen molar-refractivity contribution in [2.24, 2.45) is 5.14 Å². The predicted octanol–water partition coefficient (Wildman–Crippen LogP) is -0.548. The van der Waals surface area contributed by atoms with Crippen LogP contribution in [0.2, 0.25) is 0 Å². The van der Waals surface area contributed by atoms with E-state index in [1.807, 2.05) is 0 Å². The summed E-state index contributed by atoms with van der Waals surface area (Å²) in [5.41, 5.74) is 5.56. The highest BCUT2D eigenvalue weighted by Gasteiger charge is 2.11. The van der Waals surface area contributed by atoms with Crippen molar-refractivity contribution in [3.8, 4) is 0 Å². The van der Waals surface area contributed by atoms with Crippen LogP contribution in [0.5, 0.6) is 0 Å². The van der Waals surface area contributed by atoms with E-state index in [1.54, 1.807) is 0 Å². The van der Waals surface area contributed by atoms with Crippen LogP contribution in [0, 0.1) is 0 Å². The van der Waals surface area contributed by atoms with Crippen LogP contribution in [0.3, 0.4) is 0 Å². The molecule has 100 valence electrons. The monoisotopic (exact) mass is 274 g/mol. The lowest BCUT2D eigenvalue weighted by atomic mass is 10.2. The van der Waals surface area contributed by atoms with Crippen molar-refractivity contribution in [3.63, 3.8) is 0 Å². The van der Waals surface area contributed by atoms with Crippen LogP contribution in [0.1, 0.15) is 16.8 Å². The van der Waals surface area contributed by atoms with Crippen molar-refractivity contribution in [3.05, 3.63) is 17.8 Å². The molecule has 0 unspecified atom stereocenters. The fourth-order valence-corrected chi connectivity index (χ4v) is 1.83. The number of hydrogen-bond acceptors (Lipinski definition) is 6. The molecule has 6 N–H and O–H groups in total. The van der Waals surface area contributed by atoms with Gasteiger partial charge in [-0.3, -0.25) is 0 Å². The molecular formula is C9H14N4O4S. The third-order valence-corrected chi connectivity index (χ3v) is 2.98. The van der Waals surface area contributed by atoms with E-state index in [0.717, 1.165) is 0 Å². The number of aromatic carboxylic acids is 1. The predicted molar refractivity (Wildman–Crippen MR) is 66.7 cm³/mol. The van der Waals surface area contributed by atoms with Gasteiger partial charge in [0.2, 0.25) is 10.0 Å². The van der Waals surface area contributed by atoms with Crippen LogP contribution in [-0.2, 0) is 10.0 Å². The standard InChI is InChI=1S/C9H14N4O4S/c10-7-6(9(14)15)2-4-13-8(7)12-3-1-5-18(11,16)17/h2,4H,1,3,5,10H2,(H,12,13)(H,14,15)(H2,11,16,17). The van der Waals surface area contributed by atoms with E-state index in [1.165, 1.54) is 12.3 Å². The van der Waals surface area contributed by atoms with Gasteiger partial charge in [0.1, 0.15) is 5.82 Å². The minimum Gasteiger partial charge on any atom is -0.478 e. The van der Waals surface area contributed by atoms with Crippen LogP contribution in [-0.4, -0.2) is 36.8 Å². The fourth-order valence-electron chi connectivity index (χ4n) is 1.28. The molecule has 0 radical (unpaired) electrons. The van der Waals surface area contributed by atoms with Crippen molar-refractivity contribution in [2.45, 2.75) is 6.42 Å². The van der Waals surface area contributed by atoms with Gasteiger partial charge < -0.3 is 16.2 Å². The summed E-state index contributed by atoms with van der Waals surface area (Å²) in [6.45, 7) is 0.275. The molecule has 0 saturated heterocycles. The average molecular weight is 274 g/mol. The zero-order valence-corrected chi connectivity index (χ0v) is 10.3. The number of carboxylic acid groups (broad SMARTS) is 1. The number of aromatic nitrogens is 1. The Bertz CT molecular complexity index is 543. The molecule has 1 aromatic heterocycles. The zero-order valence-electron chi connectivity index (χ0n) is 9.46. The highest BCUT2D eigenvalue weighted by Crippen LogP contribution is 2.19. The number of nitrogens with zero attached hydrogens (tertiary/aromatic N) is 1. The van der Waals surface area contributed by atoms with Gasteiger partial charge in [0.15, 0.2) is 0 Å². The molecule has 1 heterocycles. The average Bonchev–Trinajstić information content (AvgIpc) is 2.24. The third-order valence-electron chi connectivity index (χ3n) is 2.12. The summed E-state index contributed by atoms with van der Waals surface area (Å²) in [5.74, 6) is -1.11. The number of sulfonamides is 1. The van der Waals surface area contributed by atoms with Crippen LogP contribution in [0.25, 0.3) is 0 Å². The molecule has 1 rings (SSSR count). The van der Waals surface area contributed by atoms with Crippen molar-refractivity contribution < 1.29 is 18.3 Å². The number of carbonyl (C=O) groups is 1. The second-order valence-electron chi connectivity index (χ2n) is 3.57. The summed E-state index contributed by atoms with van der Waals surface area (Å²) >= 11 is 0. The summed E-state index contributed by atoms with van der Waals surface area (Å²) in [5, 5.41) is 16.4. The smallest absolute Gasteiger partial charge is 0.337 e. The largest absolute Gasteiger partial charge is 0.478 e. The second kappa shape index (κ2) is 5.65. The number of carboxylic acids is 1. The SMILES string of the molecule is Nc1c(C(=O)O)ccnc1NCCCS(N)(=O)=O. The van der Waals surface area contributed by atoms with Crippen LogP contribution in [0.4, 0.5) is 11.5 Å². The highest BCUT2D eigenvalue weighted by atomic mass is 32.2. The first-order valence-corrected chi connectivity index (χ1v) is 6.75. The number of pyridine rings is 1. The first-order chi connectivity index (χ1) is 8.31.